The summed E-state index contributed by atoms with van der Waals surface area (Å²) < 4.78 is 39.4. The fraction of sp³-hybridized carbons (Fsp3) is 0.143. The number of pyridine rings is 1. The molecule has 8 heteroatoms. The SMILES string of the molecule is Cl.NC(=NCc1ccc(C(F)(F)F)cc1)c1cccn(Cc2ccccc2)c1=O. The van der Waals surface area contributed by atoms with Gasteiger partial charge in [-0.05, 0) is 35.4 Å². The summed E-state index contributed by atoms with van der Waals surface area (Å²) in [5.74, 6) is 0.0484. The van der Waals surface area contributed by atoms with Gasteiger partial charge in [-0.25, -0.2) is 0 Å². The highest BCUT2D eigenvalue weighted by molar-refractivity contribution is 5.97. The van der Waals surface area contributed by atoms with Gasteiger partial charge in [0.15, 0.2) is 0 Å². The van der Waals surface area contributed by atoms with Gasteiger partial charge in [0, 0.05) is 6.20 Å². The van der Waals surface area contributed by atoms with Crippen LogP contribution in [0.3, 0.4) is 0 Å². The van der Waals surface area contributed by atoms with Crippen molar-refractivity contribution in [2.45, 2.75) is 19.3 Å². The molecule has 0 spiro atoms. The van der Waals surface area contributed by atoms with Gasteiger partial charge in [-0.2, -0.15) is 13.2 Å². The number of hydrogen-bond acceptors (Lipinski definition) is 2. The number of alkyl halides is 3. The van der Waals surface area contributed by atoms with E-state index in [1.807, 2.05) is 30.3 Å². The molecule has 152 valence electrons. The number of hydrogen-bond donors (Lipinski definition) is 1. The van der Waals surface area contributed by atoms with Gasteiger partial charge in [0.05, 0.1) is 24.2 Å². The summed E-state index contributed by atoms with van der Waals surface area (Å²) in [7, 11) is 0. The van der Waals surface area contributed by atoms with Crippen molar-refractivity contribution in [3.63, 3.8) is 0 Å². The molecule has 1 aromatic heterocycles. The van der Waals surface area contributed by atoms with Gasteiger partial charge >= 0.3 is 6.18 Å². The number of aliphatic imine (C=N–C) groups is 1. The summed E-state index contributed by atoms with van der Waals surface area (Å²) in [6, 6.07) is 17.5. The Morgan fingerprint density at radius 2 is 1.59 bits per heavy atom. The molecular formula is C21H19ClF3N3O. The van der Waals surface area contributed by atoms with Crippen molar-refractivity contribution in [3.8, 4) is 0 Å². The Labute approximate surface area is 171 Å². The molecule has 0 saturated carbocycles. The molecule has 0 bridgehead atoms. The molecule has 2 N–H and O–H groups in total. The highest BCUT2D eigenvalue weighted by Crippen LogP contribution is 2.29. The van der Waals surface area contributed by atoms with Gasteiger partial charge in [-0.15, -0.1) is 12.4 Å². The van der Waals surface area contributed by atoms with Crippen LogP contribution in [0.1, 0.15) is 22.3 Å². The fourth-order valence-electron chi connectivity index (χ4n) is 2.70. The third-order valence-corrected chi connectivity index (χ3v) is 4.21. The molecule has 0 saturated heterocycles. The van der Waals surface area contributed by atoms with E-state index in [4.69, 9.17) is 5.73 Å². The minimum atomic E-state index is -4.38. The van der Waals surface area contributed by atoms with E-state index < -0.39 is 11.7 Å². The van der Waals surface area contributed by atoms with Crippen LogP contribution >= 0.6 is 12.4 Å². The molecule has 3 rings (SSSR count). The van der Waals surface area contributed by atoms with Crippen LogP contribution < -0.4 is 11.3 Å². The molecule has 1 heterocycles. The second-order valence-corrected chi connectivity index (χ2v) is 6.24. The number of rotatable bonds is 5. The number of amidine groups is 1. The maximum Gasteiger partial charge on any atom is 0.416 e. The first-order chi connectivity index (χ1) is 13.3. The first-order valence-corrected chi connectivity index (χ1v) is 8.54. The van der Waals surface area contributed by atoms with Gasteiger partial charge in [0.25, 0.3) is 5.56 Å². The number of halogens is 4. The minimum Gasteiger partial charge on any atom is -0.383 e. The Bertz CT molecular complexity index is 1030. The summed E-state index contributed by atoms with van der Waals surface area (Å²) in [6.45, 7) is 0.483. The monoisotopic (exact) mass is 421 g/mol. The molecule has 0 radical (unpaired) electrons. The Morgan fingerprint density at radius 1 is 0.931 bits per heavy atom. The Morgan fingerprint density at radius 3 is 2.21 bits per heavy atom. The number of nitrogens with two attached hydrogens (primary N) is 1. The van der Waals surface area contributed by atoms with E-state index in [1.165, 1.54) is 16.7 Å². The van der Waals surface area contributed by atoms with Crippen molar-refractivity contribution < 1.29 is 13.2 Å². The van der Waals surface area contributed by atoms with Gasteiger partial charge < -0.3 is 10.3 Å². The van der Waals surface area contributed by atoms with Gasteiger partial charge in [-0.1, -0.05) is 42.5 Å². The third kappa shape index (κ3) is 5.71. The van der Waals surface area contributed by atoms with E-state index >= 15 is 0 Å². The second kappa shape index (κ2) is 9.43. The maximum absolute atomic E-state index is 12.7. The highest BCUT2D eigenvalue weighted by Gasteiger charge is 2.29. The molecule has 2 aromatic carbocycles. The van der Waals surface area contributed by atoms with E-state index in [2.05, 4.69) is 4.99 Å². The van der Waals surface area contributed by atoms with Gasteiger partial charge in [0.2, 0.25) is 0 Å². The van der Waals surface area contributed by atoms with Crippen LogP contribution in [0.4, 0.5) is 13.2 Å². The highest BCUT2D eigenvalue weighted by atomic mass is 35.5. The third-order valence-electron chi connectivity index (χ3n) is 4.21. The summed E-state index contributed by atoms with van der Waals surface area (Å²) in [5, 5.41) is 0. The van der Waals surface area contributed by atoms with Crippen molar-refractivity contribution in [1.29, 1.82) is 0 Å². The van der Waals surface area contributed by atoms with Crippen molar-refractivity contribution >= 4 is 18.2 Å². The van der Waals surface area contributed by atoms with Crippen LogP contribution in [0.5, 0.6) is 0 Å². The van der Waals surface area contributed by atoms with Crippen LogP contribution in [0.15, 0.2) is 82.7 Å². The Kier molecular flexibility index (Phi) is 7.23. The lowest BCUT2D eigenvalue weighted by atomic mass is 10.1. The van der Waals surface area contributed by atoms with Crippen LogP contribution in [-0.2, 0) is 19.3 Å². The average molecular weight is 422 g/mol. The Balaban J connectivity index is 0.00000300. The largest absolute Gasteiger partial charge is 0.416 e. The molecule has 0 aliphatic heterocycles. The molecule has 0 fully saturated rings. The number of benzene rings is 2. The summed E-state index contributed by atoms with van der Waals surface area (Å²) in [6.07, 6.45) is -2.71. The molecule has 0 amide bonds. The number of aromatic nitrogens is 1. The van der Waals surface area contributed by atoms with E-state index in [0.717, 1.165) is 17.7 Å². The van der Waals surface area contributed by atoms with Crippen LogP contribution in [0, 0.1) is 0 Å². The lowest BCUT2D eigenvalue weighted by molar-refractivity contribution is -0.137. The first kappa shape index (κ1) is 22.2. The maximum atomic E-state index is 12.7. The van der Waals surface area contributed by atoms with Crippen LogP contribution in [-0.4, -0.2) is 10.4 Å². The van der Waals surface area contributed by atoms with E-state index in [1.54, 1.807) is 18.3 Å². The summed E-state index contributed by atoms with van der Waals surface area (Å²) >= 11 is 0. The zero-order chi connectivity index (χ0) is 20.1. The fourth-order valence-corrected chi connectivity index (χ4v) is 2.70. The van der Waals surface area contributed by atoms with Crippen LogP contribution in [0.25, 0.3) is 0 Å². The summed E-state index contributed by atoms with van der Waals surface area (Å²) in [4.78, 5) is 16.8. The number of nitrogens with zero attached hydrogens (tertiary/aromatic N) is 2. The first-order valence-electron chi connectivity index (χ1n) is 8.54. The predicted molar refractivity (Wildman–Crippen MR) is 109 cm³/mol. The minimum absolute atomic E-state index is 0. The quantitative estimate of drug-likeness (QED) is 0.494. The van der Waals surface area contributed by atoms with Crippen molar-refractivity contribution in [3.05, 3.63) is 106 Å². The van der Waals surface area contributed by atoms with E-state index in [-0.39, 0.29) is 35.9 Å². The molecular weight excluding hydrogens is 403 g/mol. The van der Waals surface area contributed by atoms with Crippen LogP contribution in [0.2, 0.25) is 0 Å². The van der Waals surface area contributed by atoms with E-state index in [0.29, 0.717) is 12.1 Å². The van der Waals surface area contributed by atoms with Gasteiger partial charge in [0.1, 0.15) is 5.84 Å². The van der Waals surface area contributed by atoms with Crippen molar-refractivity contribution in [2.75, 3.05) is 0 Å². The normalized spacial score (nSPS) is 11.8. The van der Waals surface area contributed by atoms with Crippen molar-refractivity contribution in [1.82, 2.24) is 4.57 Å². The van der Waals surface area contributed by atoms with E-state index in [9.17, 15) is 18.0 Å². The topological polar surface area (TPSA) is 60.4 Å². The standard InChI is InChI=1S/C21H18F3N3O.ClH/c22-21(23,24)17-10-8-15(9-11-17)13-26-19(25)18-7-4-12-27(20(18)28)14-16-5-2-1-3-6-16;/h1-12H,13-14H2,(H2,25,26);1H. The van der Waals surface area contributed by atoms with Gasteiger partial charge in [-0.3, -0.25) is 9.79 Å². The molecule has 4 nitrogen and oxygen atoms in total. The smallest absolute Gasteiger partial charge is 0.383 e. The molecule has 0 atom stereocenters. The Hall–Kier alpha value is -3.06. The lowest BCUT2D eigenvalue weighted by Gasteiger charge is -2.09. The molecule has 0 unspecified atom stereocenters. The van der Waals surface area contributed by atoms with Crippen molar-refractivity contribution in [2.24, 2.45) is 10.7 Å². The molecule has 3 aromatic rings. The predicted octanol–water partition coefficient (Wildman–Crippen LogP) is 4.24. The lowest BCUT2D eigenvalue weighted by Crippen LogP contribution is -2.30. The molecule has 29 heavy (non-hydrogen) atoms. The zero-order valence-electron chi connectivity index (χ0n) is 15.3. The zero-order valence-corrected chi connectivity index (χ0v) is 16.1. The molecule has 0 aliphatic carbocycles. The second-order valence-electron chi connectivity index (χ2n) is 6.24. The average Bonchev–Trinajstić information content (AvgIpc) is 2.68. The molecule has 0 aliphatic rings. The summed E-state index contributed by atoms with van der Waals surface area (Å²) in [5.41, 5.74) is 6.76.